The number of nitrogens with two attached hydrogens (primary N) is 1. The maximum Gasteiger partial charge on any atom is 0.274 e. The van der Waals surface area contributed by atoms with Crippen molar-refractivity contribution in [3.63, 3.8) is 0 Å². The fourth-order valence-corrected chi connectivity index (χ4v) is 2.01. The summed E-state index contributed by atoms with van der Waals surface area (Å²) in [5, 5.41) is 0.306. The lowest BCUT2D eigenvalue weighted by molar-refractivity contribution is 0.0779. The Kier molecular flexibility index (Phi) is 4.25. The number of amides is 1. The maximum absolute atomic E-state index is 12.3. The van der Waals surface area contributed by atoms with Gasteiger partial charge in [0, 0.05) is 13.6 Å². The second kappa shape index (κ2) is 5.92. The number of carbonyl (C=O) groups is 1. The molecule has 104 valence electrons. The molecule has 4 nitrogen and oxygen atoms in total. The number of nitrogens with zero attached hydrogens (tertiary/aromatic N) is 2. The van der Waals surface area contributed by atoms with Crippen molar-refractivity contribution in [1.82, 2.24) is 9.88 Å². The molecule has 0 spiro atoms. The standard InChI is InChI=1S/C15H16ClN3O/c1-10-3-5-11(6-4-10)9-19(2)15(20)14-12(16)7-8-13(17)18-14/h3-8H,9H2,1-2H3,(H2,17,18). The predicted octanol–water partition coefficient (Wildman–Crippen LogP) is 2.90. The van der Waals surface area contributed by atoms with Gasteiger partial charge in [0.2, 0.25) is 0 Å². The molecule has 0 bridgehead atoms. The molecule has 5 heteroatoms. The second-order valence-corrected chi connectivity index (χ2v) is 5.12. The van der Waals surface area contributed by atoms with Gasteiger partial charge in [-0.25, -0.2) is 4.98 Å². The number of nitrogen functional groups attached to an aromatic ring is 1. The molecule has 2 N–H and O–H groups in total. The first-order valence-electron chi connectivity index (χ1n) is 6.20. The zero-order valence-corrected chi connectivity index (χ0v) is 12.2. The van der Waals surface area contributed by atoms with E-state index in [1.54, 1.807) is 24.1 Å². The molecule has 1 aromatic heterocycles. The number of carbonyl (C=O) groups excluding carboxylic acids is 1. The van der Waals surface area contributed by atoms with Crippen LogP contribution < -0.4 is 5.73 Å². The van der Waals surface area contributed by atoms with E-state index in [-0.39, 0.29) is 17.4 Å². The summed E-state index contributed by atoms with van der Waals surface area (Å²) in [5.41, 5.74) is 8.01. The van der Waals surface area contributed by atoms with Crippen LogP contribution in [0.4, 0.5) is 5.82 Å². The third-order valence-electron chi connectivity index (χ3n) is 2.96. The topological polar surface area (TPSA) is 59.2 Å². The van der Waals surface area contributed by atoms with Crippen LogP contribution in [-0.2, 0) is 6.54 Å². The molecule has 0 fully saturated rings. The molecule has 0 aliphatic carbocycles. The number of benzene rings is 1. The average Bonchev–Trinajstić information content (AvgIpc) is 2.43. The highest BCUT2D eigenvalue weighted by Gasteiger charge is 2.17. The van der Waals surface area contributed by atoms with Crippen molar-refractivity contribution in [1.29, 1.82) is 0 Å². The summed E-state index contributed by atoms with van der Waals surface area (Å²) in [7, 11) is 1.71. The molecule has 0 radical (unpaired) electrons. The minimum atomic E-state index is -0.247. The Bertz CT molecular complexity index is 626. The van der Waals surface area contributed by atoms with Crippen molar-refractivity contribution in [2.75, 3.05) is 12.8 Å². The smallest absolute Gasteiger partial charge is 0.274 e. The van der Waals surface area contributed by atoms with E-state index in [9.17, 15) is 4.79 Å². The molecule has 1 aromatic carbocycles. The molecule has 1 amide bonds. The number of aryl methyl sites for hydroxylation is 1. The monoisotopic (exact) mass is 289 g/mol. The van der Waals surface area contributed by atoms with E-state index in [0.29, 0.717) is 11.6 Å². The van der Waals surface area contributed by atoms with Gasteiger partial charge in [-0.3, -0.25) is 4.79 Å². The van der Waals surface area contributed by atoms with E-state index in [2.05, 4.69) is 4.98 Å². The van der Waals surface area contributed by atoms with Gasteiger partial charge in [0.15, 0.2) is 0 Å². The number of pyridine rings is 1. The van der Waals surface area contributed by atoms with Crippen LogP contribution >= 0.6 is 11.6 Å². The van der Waals surface area contributed by atoms with E-state index in [1.807, 2.05) is 31.2 Å². The summed E-state index contributed by atoms with van der Waals surface area (Å²) in [6, 6.07) is 11.2. The minimum absolute atomic E-state index is 0.182. The van der Waals surface area contributed by atoms with Crippen LogP contribution in [0.5, 0.6) is 0 Å². The van der Waals surface area contributed by atoms with Crippen molar-refractivity contribution in [3.05, 3.63) is 58.2 Å². The molecule has 2 aromatic rings. The van der Waals surface area contributed by atoms with E-state index < -0.39 is 0 Å². The molecule has 0 aliphatic heterocycles. The van der Waals surface area contributed by atoms with Gasteiger partial charge >= 0.3 is 0 Å². The molecular formula is C15H16ClN3O. The van der Waals surface area contributed by atoms with Crippen molar-refractivity contribution in [2.24, 2.45) is 0 Å². The fourth-order valence-electron chi connectivity index (χ4n) is 1.83. The second-order valence-electron chi connectivity index (χ2n) is 4.71. The quantitative estimate of drug-likeness (QED) is 0.945. The third kappa shape index (κ3) is 3.27. The average molecular weight is 290 g/mol. The molecule has 20 heavy (non-hydrogen) atoms. The molecular weight excluding hydrogens is 274 g/mol. The van der Waals surface area contributed by atoms with Crippen LogP contribution in [0, 0.1) is 6.92 Å². The third-order valence-corrected chi connectivity index (χ3v) is 3.26. The summed E-state index contributed by atoms with van der Waals surface area (Å²) >= 11 is 5.99. The van der Waals surface area contributed by atoms with E-state index in [1.165, 1.54) is 5.56 Å². The lowest BCUT2D eigenvalue weighted by Gasteiger charge is -2.17. The van der Waals surface area contributed by atoms with Gasteiger partial charge in [0.1, 0.15) is 11.5 Å². The van der Waals surface area contributed by atoms with Gasteiger partial charge in [-0.2, -0.15) is 0 Å². The minimum Gasteiger partial charge on any atom is -0.384 e. The molecule has 2 rings (SSSR count). The van der Waals surface area contributed by atoms with Gasteiger partial charge in [0.25, 0.3) is 5.91 Å². The first-order valence-corrected chi connectivity index (χ1v) is 6.58. The van der Waals surface area contributed by atoms with Crippen LogP contribution in [0.15, 0.2) is 36.4 Å². The number of rotatable bonds is 3. The highest BCUT2D eigenvalue weighted by Crippen LogP contribution is 2.17. The zero-order valence-electron chi connectivity index (χ0n) is 11.4. The Labute approximate surface area is 123 Å². The Morgan fingerprint density at radius 1 is 1.25 bits per heavy atom. The molecule has 0 saturated carbocycles. The highest BCUT2D eigenvalue weighted by molar-refractivity contribution is 6.33. The lowest BCUT2D eigenvalue weighted by Crippen LogP contribution is -2.27. The number of hydrogen-bond donors (Lipinski definition) is 1. The van der Waals surface area contributed by atoms with Crippen LogP contribution in [0.25, 0.3) is 0 Å². The summed E-state index contributed by atoms with van der Waals surface area (Å²) < 4.78 is 0. The Hall–Kier alpha value is -2.07. The first-order chi connectivity index (χ1) is 9.47. The van der Waals surface area contributed by atoms with E-state index >= 15 is 0 Å². The Morgan fingerprint density at radius 3 is 2.55 bits per heavy atom. The SMILES string of the molecule is Cc1ccc(CN(C)C(=O)c2nc(N)ccc2Cl)cc1. The summed E-state index contributed by atoms with van der Waals surface area (Å²) in [6.07, 6.45) is 0. The maximum atomic E-state index is 12.3. The van der Waals surface area contributed by atoms with Gasteiger partial charge in [-0.05, 0) is 24.6 Å². The first kappa shape index (κ1) is 14.3. The summed E-state index contributed by atoms with van der Waals surface area (Å²) in [5.74, 6) is 0.0318. The number of hydrogen-bond acceptors (Lipinski definition) is 3. The zero-order chi connectivity index (χ0) is 14.7. The Morgan fingerprint density at radius 2 is 1.90 bits per heavy atom. The molecule has 0 aliphatic rings. The van der Waals surface area contributed by atoms with E-state index in [0.717, 1.165) is 5.56 Å². The van der Waals surface area contributed by atoms with Gasteiger partial charge < -0.3 is 10.6 Å². The summed E-state index contributed by atoms with van der Waals surface area (Å²) in [4.78, 5) is 17.9. The number of anilines is 1. The lowest BCUT2D eigenvalue weighted by atomic mass is 10.1. The Balaban J connectivity index is 2.16. The van der Waals surface area contributed by atoms with Crippen LogP contribution in [-0.4, -0.2) is 22.8 Å². The van der Waals surface area contributed by atoms with Gasteiger partial charge in [0.05, 0.1) is 5.02 Å². The predicted molar refractivity (Wildman–Crippen MR) is 80.6 cm³/mol. The highest BCUT2D eigenvalue weighted by atomic mass is 35.5. The van der Waals surface area contributed by atoms with Crippen LogP contribution in [0.2, 0.25) is 5.02 Å². The molecule has 0 atom stereocenters. The number of halogens is 1. The van der Waals surface area contributed by atoms with Gasteiger partial charge in [-0.15, -0.1) is 0 Å². The number of aromatic nitrogens is 1. The van der Waals surface area contributed by atoms with Gasteiger partial charge in [-0.1, -0.05) is 41.4 Å². The van der Waals surface area contributed by atoms with E-state index in [4.69, 9.17) is 17.3 Å². The normalized spacial score (nSPS) is 10.3. The largest absolute Gasteiger partial charge is 0.384 e. The fraction of sp³-hybridized carbons (Fsp3) is 0.200. The van der Waals surface area contributed by atoms with Crippen LogP contribution in [0.1, 0.15) is 21.6 Å². The molecule has 0 unspecified atom stereocenters. The molecule has 0 saturated heterocycles. The molecule has 1 heterocycles. The van der Waals surface area contributed by atoms with Crippen molar-refractivity contribution < 1.29 is 4.79 Å². The van der Waals surface area contributed by atoms with Crippen LogP contribution in [0.3, 0.4) is 0 Å². The summed E-state index contributed by atoms with van der Waals surface area (Å²) in [6.45, 7) is 2.51. The van der Waals surface area contributed by atoms with Crippen molar-refractivity contribution in [2.45, 2.75) is 13.5 Å². The van der Waals surface area contributed by atoms with Crippen molar-refractivity contribution >= 4 is 23.3 Å². The van der Waals surface area contributed by atoms with Crippen molar-refractivity contribution in [3.8, 4) is 0 Å².